The summed E-state index contributed by atoms with van der Waals surface area (Å²) in [6.07, 6.45) is 0. The van der Waals surface area contributed by atoms with E-state index in [1.54, 1.807) is 4.68 Å². The summed E-state index contributed by atoms with van der Waals surface area (Å²) in [6, 6.07) is 9.61. The molecular weight excluding hydrogens is 214 g/mol. The van der Waals surface area contributed by atoms with E-state index in [1.165, 1.54) is 0 Å². The number of nitrogens with zero attached hydrogens (tertiary/aromatic N) is 3. The van der Waals surface area contributed by atoms with Gasteiger partial charge in [-0.3, -0.25) is 4.68 Å². The Kier molecular flexibility index (Phi) is 3.13. The van der Waals surface area contributed by atoms with Crippen LogP contribution in [0.2, 0.25) is 0 Å². The van der Waals surface area contributed by atoms with Gasteiger partial charge in [0.15, 0.2) is 0 Å². The predicted molar refractivity (Wildman–Crippen MR) is 67.4 cm³/mol. The van der Waals surface area contributed by atoms with E-state index in [2.05, 4.69) is 18.8 Å². The van der Waals surface area contributed by atoms with Gasteiger partial charge in [-0.25, -0.2) is 4.79 Å². The van der Waals surface area contributed by atoms with Crippen molar-refractivity contribution in [1.29, 1.82) is 0 Å². The van der Waals surface area contributed by atoms with Crippen molar-refractivity contribution in [3.8, 4) is 5.69 Å². The third kappa shape index (κ3) is 2.30. The van der Waals surface area contributed by atoms with Gasteiger partial charge in [0.05, 0.1) is 5.69 Å². The maximum Gasteiger partial charge on any atom is 0.368 e. The van der Waals surface area contributed by atoms with Gasteiger partial charge in [0, 0.05) is 6.54 Å². The molecule has 4 nitrogen and oxygen atoms in total. The van der Waals surface area contributed by atoms with E-state index in [9.17, 15) is 4.79 Å². The van der Waals surface area contributed by atoms with Crippen molar-refractivity contribution in [1.82, 2.24) is 14.3 Å². The summed E-state index contributed by atoms with van der Waals surface area (Å²) < 4.78 is 3.57. The maximum absolute atomic E-state index is 11.9. The van der Waals surface area contributed by atoms with Crippen molar-refractivity contribution in [2.75, 3.05) is 0 Å². The number of aryl methyl sites for hydroxylation is 1. The van der Waals surface area contributed by atoms with Crippen LogP contribution in [0.4, 0.5) is 0 Å². The number of aromatic nitrogens is 3. The van der Waals surface area contributed by atoms with E-state index in [-0.39, 0.29) is 5.69 Å². The van der Waals surface area contributed by atoms with E-state index in [4.69, 9.17) is 0 Å². The van der Waals surface area contributed by atoms with Crippen LogP contribution in [0.5, 0.6) is 0 Å². The molecule has 0 aliphatic rings. The highest BCUT2D eigenvalue weighted by Crippen LogP contribution is 2.08. The molecule has 4 heteroatoms. The highest BCUT2D eigenvalue weighted by atomic mass is 16.2. The molecule has 0 N–H and O–H groups in total. The van der Waals surface area contributed by atoms with Gasteiger partial charge < -0.3 is 0 Å². The standard InChI is InChI=1S/C13H17N3O/c1-10(2)9-15-11(3)14-13(17)16(15)12-7-5-4-6-8-12/h4-8,10H,9H2,1-3H3. The van der Waals surface area contributed by atoms with Crippen LogP contribution >= 0.6 is 0 Å². The van der Waals surface area contributed by atoms with E-state index >= 15 is 0 Å². The minimum atomic E-state index is -0.214. The molecule has 0 aliphatic carbocycles. The molecule has 1 heterocycles. The number of benzene rings is 1. The quantitative estimate of drug-likeness (QED) is 0.810. The Labute approximate surface area is 101 Å². The Morgan fingerprint density at radius 3 is 2.47 bits per heavy atom. The Morgan fingerprint density at radius 2 is 1.88 bits per heavy atom. The first-order valence-electron chi connectivity index (χ1n) is 5.81. The highest BCUT2D eigenvalue weighted by Gasteiger charge is 2.11. The Hall–Kier alpha value is -1.84. The van der Waals surface area contributed by atoms with E-state index in [1.807, 2.05) is 41.9 Å². The fourth-order valence-electron chi connectivity index (χ4n) is 1.87. The van der Waals surface area contributed by atoms with Crippen molar-refractivity contribution in [3.05, 3.63) is 46.6 Å². The molecule has 0 bridgehead atoms. The van der Waals surface area contributed by atoms with Gasteiger partial charge in [-0.05, 0) is 25.0 Å². The van der Waals surface area contributed by atoms with Crippen molar-refractivity contribution in [2.24, 2.45) is 5.92 Å². The van der Waals surface area contributed by atoms with Crippen LogP contribution in [0.15, 0.2) is 35.1 Å². The SMILES string of the molecule is Cc1nc(=O)n(-c2ccccc2)n1CC(C)C. The van der Waals surface area contributed by atoms with Crippen LogP contribution < -0.4 is 5.69 Å². The zero-order valence-corrected chi connectivity index (χ0v) is 10.4. The van der Waals surface area contributed by atoms with Gasteiger partial charge in [0.25, 0.3) is 0 Å². The summed E-state index contributed by atoms with van der Waals surface area (Å²) in [7, 11) is 0. The molecule has 1 aromatic carbocycles. The minimum absolute atomic E-state index is 0.214. The number of hydrogen-bond acceptors (Lipinski definition) is 2. The fraction of sp³-hybridized carbons (Fsp3) is 0.385. The minimum Gasteiger partial charge on any atom is -0.263 e. The summed E-state index contributed by atoms with van der Waals surface area (Å²) >= 11 is 0. The first-order chi connectivity index (χ1) is 8.09. The largest absolute Gasteiger partial charge is 0.368 e. The zero-order valence-electron chi connectivity index (χ0n) is 10.4. The molecular formula is C13H17N3O. The molecule has 90 valence electrons. The maximum atomic E-state index is 11.9. The van der Waals surface area contributed by atoms with Gasteiger partial charge in [-0.2, -0.15) is 9.67 Å². The third-order valence-electron chi connectivity index (χ3n) is 2.59. The molecule has 0 amide bonds. The van der Waals surface area contributed by atoms with Crippen LogP contribution in [0.1, 0.15) is 19.7 Å². The monoisotopic (exact) mass is 231 g/mol. The lowest BCUT2D eigenvalue weighted by Crippen LogP contribution is -2.23. The van der Waals surface area contributed by atoms with Gasteiger partial charge in [0.1, 0.15) is 5.82 Å². The molecule has 0 fully saturated rings. The summed E-state index contributed by atoms with van der Waals surface area (Å²) in [5.41, 5.74) is 0.646. The van der Waals surface area contributed by atoms with Crippen LogP contribution in [0.25, 0.3) is 5.69 Å². The zero-order chi connectivity index (χ0) is 12.4. The first kappa shape index (κ1) is 11.6. The van der Waals surface area contributed by atoms with Crippen LogP contribution in [0.3, 0.4) is 0 Å². The van der Waals surface area contributed by atoms with Crippen LogP contribution in [-0.4, -0.2) is 14.3 Å². The van der Waals surface area contributed by atoms with E-state index in [0.29, 0.717) is 5.92 Å². The summed E-state index contributed by atoms with van der Waals surface area (Å²) in [6.45, 7) is 6.90. The Balaban J connectivity index is 2.57. The third-order valence-corrected chi connectivity index (χ3v) is 2.59. The smallest absolute Gasteiger partial charge is 0.263 e. The topological polar surface area (TPSA) is 39.8 Å². The van der Waals surface area contributed by atoms with Gasteiger partial charge in [0.2, 0.25) is 0 Å². The summed E-state index contributed by atoms with van der Waals surface area (Å²) in [5, 5.41) is 0. The van der Waals surface area contributed by atoms with Crippen molar-refractivity contribution in [3.63, 3.8) is 0 Å². The second-order valence-electron chi connectivity index (χ2n) is 4.56. The lowest BCUT2D eigenvalue weighted by Gasteiger charge is -2.13. The summed E-state index contributed by atoms with van der Waals surface area (Å²) in [5.74, 6) is 1.23. The molecule has 0 unspecified atom stereocenters. The van der Waals surface area contributed by atoms with E-state index in [0.717, 1.165) is 18.1 Å². The average molecular weight is 231 g/mol. The molecule has 0 saturated carbocycles. The number of para-hydroxylation sites is 1. The second-order valence-corrected chi connectivity index (χ2v) is 4.56. The highest BCUT2D eigenvalue weighted by molar-refractivity contribution is 5.29. The normalized spacial score (nSPS) is 11.1. The second kappa shape index (κ2) is 4.57. The molecule has 0 atom stereocenters. The van der Waals surface area contributed by atoms with Crippen LogP contribution in [0, 0.1) is 12.8 Å². The fourth-order valence-corrected chi connectivity index (χ4v) is 1.87. The van der Waals surface area contributed by atoms with Crippen molar-refractivity contribution in [2.45, 2.75) is 27.3 Å². The first-order valence-corrected chi connectivity index (χ1v) is 5.81. The molecule has 0 radical (unpaired) electrons. The molecule has 0 saturated heterocycles. The van der Waals surface area contributed by atoms with Gasteiger partial charge in [-0.15, -0.1) is 0 Å². The molecule has 0 spiro atoms. The predicted octanol–water partition coefficient (Wildman–Crippen LogP) is 2.00. The lowest BCUT2D eigenvalue weighted by atomic mass is 10.2. The van der Waals surface area contributed by atoms with E-state index < -0.39 is 0 Å². The Bertz CT molecular complexity index is 552. The van der Waals surface area contributed by atoms with Gasteiger partial charge >= 0.3 is 5.69 Å². The molecule has 1 aromatic heterocycles. The molecule has 0 aliphatic heterocycles. The Morgan fingerprint density at radius 1 is 1.24 bits per heavy atom. The molecule has 2 aromatic rings. The average Bonchev–Trinajstić information content (AvgIpc) is 2.54. The molecule has 2 rings (SSSR count). The van der Waals surface area contributed by atoms with Crippen molar-refractivity contribution >= 4 is 0 Å². The van der Waals surface area contributed by atoms with Gasteiger partial charge in [-0.1, -0.05) is 32.0 Å². The van der Waals surface area contributed by atoms with Crippen molar-refractivity contribution < 1.29 is 0 Å². The lowest BCUT2D eigenvalue weighted by molar-refractivity contribution is 0.438. The number of rotatable bonds is 3. The van der Waals surface area contributed by atoms with Crippen LogP contribution in [-0.2, 0) is 6.54 Å². The molecule has 17 heavy (non-hydrogen) atoms. The number of hydrogen-bond donors (Lipinski definition) is 0. The summed E-state index contributed by atoms with van der Waals surface area (Å²) in [4.78, 5) is 15.9.